The van der Waals surface area contributed by atoms with Gasteiger partial charge in [0.2, 0.25) is 5.91 Å². The topological polar surface area (TPSA) is 69.6 Å². The van der Waals surface area contributed by atoms with E-state index in [9.17, 15) is 15.0 Å². The van der Waals surface area contributed by atoms with Gasteiger partial charge in [0.25, 0.3) is 0 Å². The maximum absolute atomic E-state index is 12.2. The highest BCUT2D eigenvalue weighted by molar-refractivity contribution is 5.76. The molecule has 0 bridgehead atoms. The first-order valence-electron chi connectivity index (χ1n) is 17.6. The molecule has 3 N–H and O–H groups in total. The molecule has 0 fully saturated rings. The van der Waals surface area contributed by atoms with Crippen molar-refractivity contribution in [2.45, 2.75) is 193 Å². The van der Waals surface area contributed by atoms with Gasteiger partial charge >= 0.3 is 0 Å². The first-order chi connectivity index (χ1) is 19.7. The highest BCUT2D eigenvalue weighted by atomic mass is 16.3. The van der Waals surface area contributed by atoms with Crippen molar-refractivity contribution in [2.75, 3.05) is 6.61 Å². The number of nitrogens with one attached hydrogen (secondary N) is 1. The van der Waals surface area contributed by atoms with Gasteiger partial charge in [-0.1, -0.05) is 154 Å². The van der Waals surface area contributed by atoms with Gasteiger partial charge in [0.05, 0.1) is 18.8 Å². The van der Waals surface area contributed by atoms with Gasteiger partial charge < -0.3 is 15.5 Å². The van der Waals surface area contributed by atoms with Gasteiger partial charge in [-0.3, -0.25) is 4.79 Å². The molecule has 4 nitrogen and oxygen atoms in total. The fourth-order valence-corrected chi connectivity index (χ4v) is 5.17. The Hall–Kier alpha value is -1.13. The van der Waals surface area contributed by atoms with Crippen LogP contribution in [0.3, 0.4) is 0 Å². The predicted octanol–water partition coefficient (Wildman–Crippen LogP) is 10.1. The van der Waals surface area contributed by atoms with E-state index in [1.54, 1.807) is 6.08 Å². The van der Waals surface area contributed by atoms with Crippen LogP contribution in [0.1, 0.15) is 181 Å². The number of carbonyl (C=O) groups excluding carboxylic acids is 1. The van der Waals surface area contributed by atoms with Crippen LogP contribution in [0.25, 0.3) is 0 Å². The summed E-state index contributed by atoms with van der Waals surface area (Å²) in [7, 11) is 0. The predicted molar refractivity (Wildman–Crippen MR) is 175 cm³/mol. The summed E-state index contributed by atoms with van der Waals surface area (Å²) in [6, 6.07) is -0.616. The molecule has 0 heterocycles. The number of carbonyl (C=O) groups is 1. The molecule has 2 unspecified atom stereocenters. The molecule has 0 saturated heterocycles. The third-order valence-corrected chi connectivity index (χ3v) is 7.93. The minimum atomic E-state index is -0.833. The third kappa shape index (κ3) is 28.4. The lowest BCUT2D eigenvalue weighted by atomic mass is 10.0. The van der Waals surface area contributed by atoms with Crippen LogP contribution >= 0.6 is 0 Å². The minimum absolute atomic E-state index is 0.0714. The number of amides is 1. The van der Waals surface area contributed by atoms with E-state index in [1.807, 2.05) is 6.08 Å². The monoisotopic (exact) mass is 564 g/mol. The standard InChI is InChI=1S/C36H69NO3/c1-3-5-7-9-11-12-13-14-15-16-17-18-19-20-21-22-23-24-26-28-30-32-36(40)37-34(33-38)35(39)31-29-27-25-10-8-6-4-2/h16-17,29,31,34-35,38-39H,3-15,18-28,30,32-33H2,1-2H3,(H,37,40)/b17-16-,31-29+. The normalized spacial score (nSPS) is 13.4. The van der Waals surface area contributed by atoms with E-state index in [2.05, 4.69) is 31.3 Å². The summed E-state index contributed by atoms with van der Waals surface area (Å²) < 4.78 is 0. The van der Waals surface area contributed by atoms with E-state index in [4.69, 9.17) is 0 Å². The lowest BCUT2D eigenvalue weighted by Gasteiger charge is -2.20. The maximum atomic E-state index is 12.2. The van der Waals surface area contributed by atoms with E-state index < -0.39 is 12.1 Å². The molecule has 0 rings (SSSR count). The number of hydrogen-bond acceptors (Lipinski definition) is 3. The second-order valence-corrected chi connectivity index (χ2v) is 11.9. The van der Waals surface area contributed by atoms with Gasteiger partial charge in [-0.05, 0) is 44.9 Å². The number of allylic oxidation sites excluding steroid dienone is 3. The van der Waals surface area contributed by atoms with Crippen molar-refractivity contribution in [1.82, 2.24) is 5.32 Å². The number of aliphatic hydroxyl groups is 2. The van der Waals surface area contributed by atoms with Gasteiger partial charge in [-0.25, -0.2) is 0 Å². The molecule has 4 heteroatoms. The van der Waals surface area contributed by atoms with Gasteiger partial charge in [0, 0.05) is 6.42 Å². The molecule has 0 aromatic rings. The molecule has 2 atom stereocenters. The summed E-state index contributed by atoms with van der Waals surface area (Å²) in [5.74, 6) is -0.0714. The Morgan fingerprint density at radius 1 is 0.575 bits per heavy atom. The molecular weight excluding hydrogens is 494 g/mol. The van der Waals surface area contributed by atoms with Crippen molar-refractivity contribution in [3.8, 4) is 0 Å². The Bertz CT molecular complexity index is 574. The number of hydrogen-bond donors (Lipinski definition) is 3. The highest BCUT2D eigenvalue weighted by Crippen LogP contribution is 2.13. The number of unbranched alkanes of at least 4 members (excludes halogenated alkanes) is 22. The summed E-state index contributed by atoms with van der Waals surface area (Å²) in [5, 5.41) is 22.7. The first-order valence-corrected chi connectivity index (χ1v) is 17.6. The van der Waals surface area contributed by atoms with Crippen molar-refractivity contribution in [1.29, 1.82) is 0 Å². The molecule has 0 spiro atoms. The summed E-state index contributed by atoms with van der Waals surface area (Å²) in [6.45, 7) is 4.24. The van der Waals surface area contributed by atoms with Crippen molar-refractivity contribution in [3.63, 3.8) is 0 Å². The fourth-order valence-electron chi connectivity index (χ4n) is 5.17. The van der Waals surface area contributed by atoms with E-state index >= 15 is 0 Å². The van der Waals surface area contributed by atoms with Crippen molar-refractivity contribution in [3.05, 3.63) is 24.3 Å². The molecule has 1 amide bonds. The zero-order valence-corrected chi connectivity index (χ0v) is 26.9. The second-order valence-electron chi connectivity index (χ2n) is 11.9. The Kier molecular flexibility index (Phi) is 31.5. The number of rotatable bonds is 31. The van der Waals surface area contributed by atoms with Crippen LogP contribution in [-0.4, -0.2) is 34.9 Å². The number of aliphatic hydroxyl groups excluding tert-OH is 2. The van der Waals surface area contributed by atoms with Crippen molar-refractivity contribution in [2.24, 2.45) is 0 Å². The van der Waals surface area contributed by atoms with Crippen LogP contribution in [0.5, 0.6) is 0 Å². The smallest absolute Gasteiger partial charge is 0.220 e. The molecule has 236 valence electrons. The fraction of sp³-hybridized carbons (Fsp3) is 0.861. The summed E-state index contributed by atoms with van der Waals surface area (Å²) in [4.78, 5) is 12.2. The minimum Gasteiger partial charge on any atom is -0.394 e. The Balaban J connectivity index is 3.52. The second kappa shape index (κ2) is 32.4. The van der Waals surface area contributed by atoms with Gasteiger partial charge in [-0.2, -0.15) is 0 Å². The summed E-state index contributed by atoms with van der Waals surface area (Å²) in [6.07, 6.45) is 39.9. The highest BCUT2D eigenvalue weighted by Gasteiger charge is 2.17. The van der Waals surface area contributed by atoms with Crippen LogP contribution < -0.4 is 5.32 Å². The van der Waals surface area contributed by atoms with Gasteiger partial charge in [0.1, 0.15) is 0 Å². The van der Waals surface area contributed by atoms with E-state index in [0.717, 1.165) is 25.7 Å². The molecule has 0 saturated carbocycles. The first kappa shape index (κ1) is 38.9. The largest absolute Gasteiger partial charge is 0.394 e. The third-order valence-electron chi connectivity index (χ3n) is 7.93. The van der Waals surface area contributed by atoms with E-state index in [-0.39, 0.29) is 12.5 Å². The molecular formula is C36H69NO3. The van der Waals surface area contributed by atoms with Crippen LogP contribution in [0, 0.1) is 0 Å². The van der Waals surface area contributed by atoms with Gasteiger partial charge in [0.15, 0.2) is 0 Å². The summed E-state index contributed by atoms with van der Waals surface area (Å²) in [5.41, 5.74) is 0. The zero-order valence-electron chi connectivity index (χ0n) is 26.9. The van der Waals surface area contributed by atoms with Gasteiger partial charge in [-0.15, -0.1) is 0 Å². The molecule has 0 aliphatic carbocycles. The SMILES string of the molecule is CCCCCCC/C=C/C(O)C(CO)NC(=O)CCCCCCCCCCC/C=C\CCCCCCCCCC. The lowest BCUT2D eigenvalue weighted by molar-refractivity contribution is -0.123. The van der Waals surface area contributed by atoms with Crippen molar-refractivity contribution >= 4 is 5.91 Å². The molecule has 40 heavy (non-hydrogen) atoms. The Labute approximate surface area is 249 Å². The van der Waals surface area contributed by atoms with Crippen LogP contribution in [0.4, 0.5) is 0 Å². The quantitative estimate of drug-likeness (QED) is 0.0580. The molecule has 0 aromatic heterocycles. The lowest BCUT2D eigenvalue weighted by Crippen LogP contribution is -2.45. The average molecular weight is 564 g/mol. The summed E-state index contributed by atoms with van der Waals surface area (Å²) >= 11 is 0. The van der Waals surface area contributed by atoms with Crippen LogP contribution in [0.15, 0.2) is 24.3 Å². The maximum Gasteiger partial charge on any atom is 0.220 e. The molecule has 0 aromatic carbocycles. The molecule has 0 radical (unpaired) electrons. The Morgan fingerprint density at radius 3 is 1.38 bits per heavy atom. The average Bonchev–Trinajstić information content (AvgIpc) is 2.96. The molecule has 0 aliphatic heterocycles. The van der Waals surface area contributed by atoms with Crippen LogP contribution in [-0.2, 0) is 4.79 Å². The Morgan fingerprint density at radius 2 is 0.950 bits per heavy atom. The molecule has 0 aliphatic rings. The van der Waals surface area contributed by atoms with Crippen LogP contribution in [0.2, 0.25) is 0 Å². The van der Waals surface area contributed by atoms with Crippen molar-refractivity contribution < 1.29 is 15.0 Å². The zero-order chi connectivity index (χ0) is 29.4. The van der Waals surface area contributed by atoms with E-state index in [1.165, 1.54) is 135 Å². The van der Waals surface area contributed by atoms with E-state index in [0.29, 0.717) is 6.42 Å².